The van der Waals surface area contributed by atoms with Crippen molar-refractivity contribution < 1.29 is 9.53 Å². The molecule has 0 fully saturated rings. The van der Waals surface area contributed by atoms with Crippen LogP contribution in [0.25, 0.3) is 5.69 Å². The van der Waals surface area contributed by atoms with E-state index in [4.69, 9.17) is 4.74 Å². The molecule has 0 atom stereocenters. The zero-order chi connectivity index (χ0) is 23.8. The van der Waals surface area contributed by atoms with Crippen molar-refractivity contribution in [2.24, 2.45) is 0 Å². The van der Waals surface area contributed by atoms with Crippen molar-refractivity contribution in [1.82, 2.24) is 20.1 Å². The van der Waals surface area contributed by atoms with Gasteiger partial charge in [-0.3, -0.25) is 9.36 Å². The zero-order valence-corrected chi connectivity index (χ0v) is 20.2. The van der Waals surface area contributed by atoms with Gasteiger partial charge < -0.3 is 10.1 Å². The van der Waals surface area contributed by atoms with Crippen LogP contribution in [-0.4, -0.2) is 33.0 Å². The number of nitrogens with one attached hydrogen (secondary N) is 1. The summed E-state index contributed by atoms with van der Waals surface area (Å²) in [5.41, 5.74) is 4.48. The molecular weight excluding hydrogens is 444 g/mol. The topological polar surface area (TPSA) is 69.0 Å². The lowest BCUT2D eigenvalue weighted by atomic mass is 10.1. The number of rotatable bonds is 10. The number of hydrogen-bond acceptors (Lipinski definition) is 5. The average Bonchev–Trinajstić information content (AvgIpc) is 3.27. The van der Waals surface area contributed by atoms with E-state index in [1.807, 2.05) is 78.2 Å². The summed E-state index contributed by atoms with van der Waals surface area (Å²) >= 11 is 1.37. The number of benzene rings is 3. The Balaban J connectivity index is 1.40. The quantitative estimate of drug-likeness (QED) is 0.332. The van der Waals surface area contributed by atoms with Crippen LogP contribution < -0.4 is 10.1 Å². The molecule has 7 heteroatoms. The van der Waals surface area contributed by atoms with Crippen LogP contribution in [-0.2, 0) is 17.8 Å². The lowest BCUT2D eigenvalue weighted by Crippen LogP contribution is -2.27. The summed E-state index contributed by atoms with van der Waals surface area (Å²) < 4.78 is 7.96. The van der Waals surface area contributed by atoms with E-state index in [1.54, 1.807) is 0 Å². The molecule has 174 valence electrons. The van der Waals surface area contributed by atoms with E-state index < -0.39 is 0 Å². The molecule has 0 aliphatic carbocycles. The molecule has 0 saturated carbocycles. The van der Waals surface area contributed by atoms with Gasteiger partial charge in [-0.15, -0.1) is 10.2 Å². The molecule has 6 nitrogen and oxygen atoms in total. The minimum Gasteiger partial charge on any atom is -0.485 e. The zero-order valence-electron chi connectivity index (χ0n) is 19.4. The summed E-state index contributed by atoms with van der Waals surface area (Å²) in [7, 11) is 0. The van der Waals surface area contributed by atoms with Crippen molar-refractivity contribution in [2.45, 2.75) is 32.0 Å². The highest BCUT2D eigenvalue weighted by atomic mass is 32.2. The molecule has 1 N–H and O–H groups in total. The molecule has 0 unspecified atom stereocenters. The fraction of sp³-hybridized carbons (Fsp3) is 0.222. The first-order valence-corrected chi connectivity index (χ1v) is 12.2. The molecule has 1 aromatic heterocycles. The molecule has 4 aromatic rings. The summed E-state index contributed by atoms with van der Waals surface area (Å²) in [6.45, 7) is 4.97. The highest BCUT2D eigenvalue weighted by molar-refractivity contribution is 7.99. The predicted octanol–water partition coefficient (Wildman–Crippen LogP) is 4.91. The Morgan fingerprint density at radius 3 is 2.38 bits per heavy atom. The van der Waals surface area contributed by atoms with Gasteiger partial charge in [0.05, 0.1) is 5.75 Å². The fourth-order valence-electron chi connectivity index (χ4n) is 3.59. The van der Waals surface area contributed by atoms with Crippen molar-refractivity contribution in [3.63, 3.8) is 0 Å². The second kappa shape index (κ2) is 11.5. The molecular formula is C27H28N4O2S. The average molecular weight is 473 g/mol. The van der Waals surface area contributed by atoms with Crippen molar-refractivity contribution >= 4 is 17.7 Å². The van der Waals surface area contributed by atoms with Gasteiger partial charge in [-0.05, 0) is 55.2 Å². The fourth-order valence-corrected chi connectivity index (χ4v) is 4.39. The predicted molar refractivity (Wildman–Crippen MR) is 135 cm³/mol. The lowest BCUT2D eigenvalue weighted by molar-refractivity contribution is -0.118. The van der Waals surface area contributed by atoms with Gasteiger partial charge in [-0.1, -0.05) is 72.4 Å². The van der Waals surface area contributed by atoms with E-state index in [9.17, 15) is 4.79 Å². The second-order valence-electron chi connectivity index (χ2n) is 7.94. The summed E-state index contributed by atoms with van der Waals surface area (Å²) in [4.78, 5) is 12.5. The summed E-state index contributed by atoms with van der Waals surface area (Å²) in [5, 5.41) is 12.4. The molecule has 3 aromatic carbocycles. The first-order valence-electron chi connectivity index (χ1n) is 11.2. The molecule has 0 aliphatic rings. The van der Waals surface area contributed by atoms with E-state index in [0.29, 0.717) is 17.5 Å². The second-order valence-corrected chi connectivity index (χ2v) is 8.88. The van der Waals surface area contributed by atoms with Crippen LogP contribution in [0.1, 0.15) is 22.5 Å². The van der Waals surface area contributed by atoms with E-state index in [0.717, 1.165) is 23.4 Å². The van der Waals surface area contributed by atoms with Gasteiger partial charge in [0.15, 0.2) is 11.0 Å². The van der Waals surface area contributed by atoms with Gasteiger partial charge in [-0.2, -0.15) is 0 Å². The minimum absolute atomic E-state index is 0.0288. The van der Waals surface area contributed by atoms with Crippen molar-refractivity contribution in [1.29, 1.82) is 0 Å². The number of para-hydroxylation sites is 2. The van der Waals surface area contributed by atoms with Crippen LogP contribution in [0.15, 0.2) is 84.0 Å². The Morgan fingerprint density at radius 2 is 1.62 bits per heavy atom. The normalized spacial score (nSPS) is 10.8. The highest BCUT2D eigenvalue weighted by Gasteiger charge is 2.16. The number of carbonyl (C=O) groups excluding carboxylic acids is 1. The maximum atomic E-state index is 12.5. The van der Waals surface area contributed by atoms with Crippen LogP contribution in [0.5, 0.6) is 5.75 Å². The van der Waals surface area contributed by atoms with Gasteiger partial charge >= 0.3 is 0 Å². The maximum absolute atomic E-state index is 12.5. The highest BCUT2D eigenvalue weighted by Crippen LogP contribution is 2.24. The van der Waals surface area contributed by atoms with Crippen LogP contribution in [0.3, 0.4) is 0 Å². The van der Waals surface area contributed by atoms with Crippen molar-refractivity contribution in [3.8, 4) is 11.4 Å². The Hall–Kier alpha value is -3.58. The Bertz CT molecular complexity index is 1240. The van der Waals surface area contributed by atoms with Crippen LogP contribution in [0, 0.1) is 13.8 Å². The number of carbonyl (C=O) groups is 1. The van der Waals surface area contributed by atoms with Crippen molar-refractivity contribution in [3.05, 3.63) is 101 Å². The van der Waals surface area contributed by atoms with Crippen LogP contribution in [0.2, 0.25) is 0 Å². The summed E-state index contributed by atoms with van der Waals surface area (Å²) in [6, 6.07) is 26.0. The number of amides is 1. The van der Waals surface area contributed by atoms with Crippen LogP contribution >= 0.6 is 11.8 Å². The molecule has 4 rings (SSSR count). The Labute approximate surface area is 204 Å². The summed E-state index contributed by atoms with van der Waals surface area (Å²) in [5.74, 6) is 1.72. The summed E-state index contributed by atoms with van der Waals surface area (Å²) in [6.07, 6.45) is 0.809. The smallest absolute Gasteiger partial charge is 0.230 e. The molecule has 0 bridgehead atoms. The lowest BCUT2D eigenvalue weighted by Gasteiger charge is -2.12. The SMILES string of the molecule is Cc1ccccc1CCNC(=O)CSc1nnc(COc2ccccc2C)n1-c1ccccc1. The number of aryl methyl sites for hydroxylation is 2. The van der Waals surface area contributed by atoms with Gasteiger partial charge in [0.2, 0.25) is 5.91 Å². The molecule has 0 saturated heterocycles. The number of hydrogen-bond donors (Lipinski definition) is 1. The molecule has 34 heavy (non-hydrogen) atoms. The van der Waals surface area contributed by atoms with Gasteiger partial charge in [0, 0.05) is 12.2 Å². The third kappa shape index (κ3) is 6.05. The molecule has 0 radical (unpaired) electrons. The largest absolute Gasteiger partial charge is 0.485 e. The van der Waals surface area contributed by atoms with E-state index in [-0.39, 0.29) is 18.3 Å². The van der Waals surface area contributed by atoms with E-state index in [2.05, 4.69) is 34.6 Å². The molecule has 0 aliphatic heterocycles. The van der Waals surface area contributed by atoms with E-state index in [1.165, 1.54) is 22.9 Å². The Kier molecular flexibility index (Phi) is 7.99. The minimum atomic E-state index is -0.0288. The monoisotopic (exact) mass is 472 g/mol. The number of nitrogens with zero attached hydrogens (tertiary/aromatic N) is 3. The van der Waals surface area contributed by atoms with Gasteiger partial charge in [0.25, 0.3) is 0 Å². The Morgan fingerprint density at radius 1 is 0.912 bits per heavy atom. The maximum Gasteiger partial charge on any atom is 0.230 e. The third-order valence-corrected chi connectivity index (χ3v) is 6.40. The van der Waals surface area contributed by atoms with Crippen molar-refractivity contribution in [2.75, 3.05) is 12.3 Å². The number of thioether (sulfide) groups is 1. The first kappa shape index (κ1) is 23.6. The van der Waals surface area contributed by atoms with Crippen LogP contribution in [0.4, 0.5) is 0 Å². The first-order chi connectivity index (χ1) is 16.6. The molecule has 1 amide bonds. The standard InChI is InChI=1S/C27H28N4O2S/c1-20-10-6-8-12-22(20)16-17-28-26(32)19-34-27-30-29-25(31(27)23-13-4-3-5-14-23)18-33-24-15-9-7-11-21(24)2/h3-15H,16-19H2,1-2H3,(H,28,32). The molecule has 1 heterocycles. The molecule has 0 spiro atoms. The number of aromatic nitrogens is 3. The van der Waals surface area contributed by atoms with Gasteiger partial charge in [0.1, 0.15) is 12.4 Å². The van der Waals surface area contributed by atoms with E-state index >= 15 is 0 Å². The van der Waals surface area contributed by atoms with Gasteiger partial charge in [-0.25, -0.2) is 0 Å². The third-order valence-electron chi connectivity index (χ3n) is 5.48. The number of ether oxygens (including phenoxy) is 1.